The van der Waals surface area contributed by atoms with Crippen LogP contribution in [-0.4, -0.2) is 12.6 Å². The van der Waals surface area contributed by atoms with Gasteiger partial charge in [0.2, 0.25) is 0 Å². The van der Waals surface area contributed by atoms with Crippen LogP contribution in [0.4, 0.5) is 4.39 Å². The van der Waals surface area contributed by atoms with Gasteiger partial charge in [-0.3, -0.25) is 0 Å². The Kier molecular flexibility index (Phi) is 3.42. The van der Waals surface area contributed by atoms with Gasteiger partial charge in [0.15, 0.2) is 0 Å². The lowest BCUT2D eigenvalue weighted by Gasteiger charge is -2.05. The minimum atomic E-state index is -0.604. The third-order valence-corrected chi connectivity index (χ3v) is 2.93. The fraction of sp³-hybridized carbons (Fsp3) is 0.286. The molecule has 0 aliphatic heterocycles. The van der Waals surface area contributed by atoms with Gasteiger partial charge in [0, 0.05) is 0 Å². The van der Waals surface area contributed by atoms with E-state index in [1.165, 1.54) is 12.1 Å². The number of nitriles is 1. The average molecular weight is 245 g/mol. The molecule has 0 N–H and O–H groups in total. The van der Waals surface area contributed by atoms with Gasteiger partial charge in [-0.15, -0.1) is 0 Å². The number of hydrogen-bond acceptors (Lipinski definition) is 3. The number of carbonyl (C=O) groups excluding carboxylic acids is 1. The Morgan fingerprint density at radius 1 is 1.50 bits per heavy atom. The topological polar surface area (TPSA) is 50.1 Å². The third kappa shape index (κ3) is 2.12. The molecule has 0 bridgehead atoms. The predicted molar refractivity (Wildman–Crippen MR) is 63.9 cm³/mol. The molecule has 0 radical (unpaired) electrons. The number of esters is 1. The maximum Gasteiger partial charge on any atom is 0.349 e. The summed E-state index contributed by atoms with van der Waals surface area (Å²) in [6.07, 6.45) is 1.22. The molecular formula is C14H12FNO2. The number of nitrogens with zero attached hydrogens (tertiary/aromatic N) is 1. The molecule has 0 atom stereocenters. The molecule has 18 heavy (non-hydrogen) atoms. The van der Waals surface area contributed by atoms with E-state index in [0.29, 0.717) is 18.4 Å². The van der Waals surface area contributed by atoms with Crippen molar-refractivity contribution in [2.75, 3.05) is 6.61 Å². The fourth-order valence-corrected chi connectivity index (χ4v) is 2.16. The van der Waals surface area contributed by atoms with Crippen LogP contribution in [0.1, 0.15) is 24.5 Å². The lowest BCUT2D eigenvalue weighted by molar-refractivity contribution is -0.137. The molecule has 92 valence electrons. The lowest BCUT2D eigenvalue weighted by atomic mass is 10.0. The number of halogens is 1. The predicted octanol–water partition coefficient (Wildman–Crippen LogP) is 2.61. The maximum atomic E-state index is 13.1. The van der Waals surface area contributed by atoms with E-state index < -0.39 is 5.97 Å². The molecule has 1 aliphatic rings. The molecule has 0 aromatic heterocycles. The van der Waals surface area contributed by atoms with Crippen LogP contribution < -0.4 is 0 Å². The second-order valence-electron chi connectivity index (χ2n) is 3.99. The van der Waals surface area contributed by atoms with Gasteiger partial charge < -0.3 is 4.74 Å². The van der Waals surface area contributed by atoms with Crippen LogP contribution in [0.15, 0.2) is 23.8 Å². The first kappa shape index (κ1) is 12.3. The van der Waals surface area contributed by atoms with E-state index in [0.717, 1.165) is 11.1 Å². The van der Waals surface area contributed by atoms with Crippen molar-refractivity contribution in [3.8, 4) is 6.07 Å². The van der Waals surface area contributed by atoms with Crippen molar-refractivity contribution in [2.45, 2.75) is 19.8 Å². The second-order valence-corrected chi connectivity index (χ2v) is 3.99. The molecule has 1 aliphatic carbocycles. The number of carbonyl (C=O) groups is 1. The van der Waals surface area contributed by atoms with Crippen LogP contribution in [0.25, 0.3) is 5.57 Å². The van der Waals surface area contributed by atoms with Crippen LogP contribution in [0.2, 0.25) is 0 Å². The van der Waals surface area contributed by atoms with E-state index in [-0.39, 0.29) is 18.0 Å². The van der Waals surface area contributed by atoms with Crippen LogP contribution in [-0.2, 0) is 16.0 Å². The number of fused-ring (bicyclic) bond motifs is 1. The van der Waals surface area contributed by atoms with E-state index in [9.17, 15) is 9.18 Å². The van der Waals surface area contributed by atoms with Gasteiger partial charge in [0.25, 0.3) is 0 Å². The van der Waals surface area contributed by atoms with Crippen molar-refractivity contribution < 1.29 is 13.9 Å². The van der Waals surface area contributed by atoms with Crippen molar-refractivity contribution in [1.29, 1.82) is 5.26 Å². The number of aryl methyl sites for hydroxylation is 1. The molecule has 0 unspecified atom stereocenters. The molecule has 0 saturated heterocycles. The van der Waals surface area contributed by atoms with Gasteiger partial charge in [0.1, 0.15) is 17.5 Å². The smallest absolute Gasteiger partial charge is 0.349 e. The number of benzene rings is 1. The summed E-state index contributed by atoms with van der Waals surface area (Å²) in [5.41, 5.74) is 2.30. The van der Waals surface area contributed by atoms with Gasteiger partial charge in [-0.25, -0.2) is 9.18 Å². The summed E-state index contributed by atoms with van der Waals surface area (Å²) in [4.78, 5) is 11.7. The van der Waals surface area contributed by atoms with Gasteiger partial charge in [-0.2, -0.15) is 5.26 Å². The molecule has 2 rings (SSSR count). The van der Waals surface area contributed by atoms with E-state index in [1.807, 2.05) is 6.07 Å². The summed E-state index contributed by atoms with van der Waals surface area (Å²) in [5, 5.41) is 9.08. The zero-order valence-electron chi connectivity index (χ0n) is 10.00. The first-order chi connectivity index (χ1) is 8.67. The largest absolute Gasteiger partial charge is 0.462 e. The molecule has 0 amide bonds. The van der Waals surface area contributed by atoms with Gasteiger partial charge in [-0.05, 0) is 48.6 Å². The summed E-state index contributed by atoms with van der Waals surface area (Å²) in [6.45, 7) is 1.92. The third-order valence-electron chi connectivity index (χ3n) is 2.93. The van der Waals surface area contributed by atoms with Crippen molar-refractivity contribution in [3.05, 3.63) is 40.7 Å². The summed E-state index contributed by atoms with van der Waals surface area (Å²) in [7, 11) is 0. The Labute approximate surface area is 104 Å². The Hall–Kier alpha value is -2.15. The zero-order valence-corrected chi connectivity index (χ0v) is 10.00. The van der Waals surface area contributed by atoms with Gasteiger partial charge in [0.05, 0.1) is 6.61 Å². The first-order valence-electron chi connectivity index (χ1n) is 5.76. The molecule has 1 aromatic carbocycles. The Morgan fingerprint density at radius 3 is 2.94 bits per heavy atom. The average Bonchev–Trinajstić information content (AvgIpc) is 2.73. The minimum Gasteiger partial charge on any atom is -0.462 e. The van der Waals surface area contributed by atoms with Crippen LogP contribution in [0, 0.1) is 17.1 Å². The van der Waals surface area contributed by atoms with E-state index >= 15 is 0 Å². The first-order valence-corrected chi connectivity index (χ1v) is 5.76. The Balaban J connectivity index is 2.48. The van der Waals surface area contributed by atoms with E-state index in [2.05, 4.69) is 0 Å². The highest BCUT2D eigenvalue weighted by Gasteiger charge is 2.24. The van der Waals surface area contributed by atoms with Gasteiger partial charge in [-0.1, -0.05) is 6.07 Å². The molecule has 1 aromatic rings. The molecular weight excluding hydrogens is 233 g/mol. The van der Waals surface area contributed by atoms with Crippen LogP contribution in [0.5, 0.6) is 0 Å². The summed E-state index contributed by atoms with van der Waals surface area (Å²) >= 11 is 0. The molecule has 0 spiro atoms. The summed E-state index contributed by atoms with van der Waals surface area (Å²) in [5.74, 6) is -0.906. The zero-order chi connectivity index (χ0) is 13.1. The molecule has 0 fully saturated rings. The second kappa shape index (κ2) is 5.01. The molecule has 3 nitrogen and oxygen atoms in total. The highest BCUT2D eigenvalue weighted by molar-refractivity contribution is 6.02. The standard InChI is InChI=1S/C14H12FNO2/c1-2-18-14(17)13(8-16)12-5-3-9-7-10(15)4-6-11(9)12/h4,6-7H,2-3,5H2,1H3/b13-12+. The maximum absolute atomic E-state index is 13.1. The molecule has 4 heteroatoms. The van der Waals surface area contributed by atoms with Crippen molar-refractivity contribution in [3.63, 3.8) is 0 Å². The summed E-state index contributed by atoms with van der Waals surface area (Å²) in [6, 6.07) is 6.29. The quantitative estimate of drug-likeness (QED) is 0.457. The number of hydrogen-bond donors (Lipinski definition) is 0. The van der Waals surface area contributed by atoms with Crippen molar-refractivity contribution in [1.82, 2.24) is 0 Å². The Morgan fingerprint density at radius 2 is 2.28 bits per heavy atom. The van der Waals surface area contributed by atoms with E-state index in [4.69, 9.17) is 10.00 Å². The monoisotopic (exact) mass is 245 g/mol. The molecule has 0 heterocycles. The number of ether oxygens (including phenoxy) is 1. The number of rotatable bonds is 2. The normalized spacial score (nSPS) is 15.8. The molecule has 0 saturated carbocycles. The highest BCUT2D eigenvalue weighted by atomic mass is 19.1. The van der Waals surface area contributed by atoms with Crippen molar-refractivity contribution >= 4 is 11.5 Å². The SMILES string of the molecule is CCOC(=O)/C(C#N)=C1\CCc2cc(F)ccc21. The van der Waals surface area contributed by atoms with Crippen LogP contribution in [0.3, 0.4) is 0 Å². The van der Waals surface area contributed by atoms with Crippen LogP contribution >= 0.6 is 0 Å². The highest BCUT2D eigenvalue weighted by Crippen LogP contribution is 2.35. The van der Waals surface area contributed by atoms with E-state index in [1.54, 1.807) is 13.0 Å². The fourth-order valence-electron chi connectivity index (χ4n) is 2.16. The Bertz CT molecular complexity index is 570. The van der Waals surface area contributed by atoms with Gasteiger partial charge >= 0.3 is 5.97 Å². The minimum absolute atomic E-state index is 0.0298. The van der Waals surface area contributed by atoms with Crippen molar-refractivity contribution in [2.24, 2.45) is 0 Å². The summed E-state index contributed by atoms with van der Waals surface area (Å²) < 4.78 is 17.9. The lowest BCUT2D eigenvalue weighted by Crippen LogP contribution is -2.08. The number of allylic oxidation sites excluding steroid dienone is 1.